The van der Waals surface area contributed by atoms with E-state index in [1.165, 1.54) is 11.3 Å². The minimum atomic E-state index is -0.0842. The number of carbonyl (C=O) groups is 1. The summed E-state index contributed by atoms with van der Waals surface area (Å²) < 4.78 is 5.60. The Hall–Kier alpha value is -2.50. The Bertz CT molecular complexity index is 872. The van der Waals surface area contributed by atoms with Crippen molar-refractivity contribution in [3.63, 3.8) is 0 Å². The molecule has 2 aromatic carbocycles. The lowest BCUT2D eigenvalue weighted by Gasteiger charge is -2.10. The van der Waals surface area contributed by atoms with Gasteiger partial charge in [-0.3, -0.25) is 4.79 Å². The topological polar surface area (TPSA) is 51.2 Å². The SMILES string of the molecule is O=C(NC[C@@H]1CCCO1)c1sc(-c2ccccc2)nc1-c1ccccc1. The molecule has 1 aromatic heterocycles. The van der Waals surface area contributed by atoms with Gasteiger partial charge in [-0.2, -0.15) is 0 Å². The van der Waals surface area contributed by atoms with Crippen molar-refractivity contribution < 1.29 is 9.53 Å². The highest BCUT2D eigenvalue weighted by atomic mass is 32.1. The Kier molecular flexibility index (Phi) is 5.09. The van der Waals surface area contributed by atoms with Crippen LogP contribution in [0, 0.1) is 0 Å². The summed E-state index contributed by atoms with van der Waals surface area (Å²) in [5.74, 6) is -0.0842. The zero-order chi connectivity index (χ0) is 17.8. The Balaban J connectivity index is 1.65. The highest BCUT2D eigenvalue weighted by Crippen LogP contribution is 2.33. The second kappa shape index (κ2) is 7.81. The van der Waals surface area contributed by atoms with Gasteiger partial charge in [0.25, 0.3) is 5.91 Å². The summed E-state index contributed by atoms with van der Waals surface area (Å²) in [4.78, 5) is 18.3. The maximum absolute atomic E-state index is 12.8. The van der Waals surface area contributed by atoms with Crippen LogP contribution >= 0.6 is 11.3 Å². The molecule has 2 heterocycles. The molecule has 4 nitrogen and oxygen atoms in total. The van der Waals surface area contributed by atoms with Crippen LogP contribution in [0.5, 0.6) is 0 Å². The average Bonchev–Trinajstić information content (AvgIpc) is 3.37. The zero-order valence-electron chi connectivity index (χ0n) is 14.4. The number of nitrogens with one attached hydrogen (secondary N) is 1. The smallest absolute Gasteiger partial charge is 0.263 e. The predicted molar refractivity (Wildman–Crippen MR) is 104 cm³/mol. The minimum Gasteiger partial charge on any atom is -0.376 e. The molecule has 1 saturated heterocycles. The number of carbonyl (C=O) groups excluding carboxylic acids is 1. The number of amides is 1. The summed E-state index contributed by atoms with van der Waals surface area (Å²) in [6.07, 6.45) is 2.19. The van der Waals surface area contributed by atoms with Crippen LogP contribution in [-0.4, -0.2) is 30.1 Å². The summed E-state index contributed by atoms with van der Waals surface area (Å²) in [5.41, 5.74) is 2.71. The quantitative estimate of drug-likeness (QED) is 0.731. The number of ether oxygens (including phenoxy) is 1. The van der Waals surface area contributed by atoms with E-state index in [1.54, 1.807) is 0 Å². The Labute approximate surface area is 156 Å². The van der Waals surface area contributed by atoms with Crippen LogP contribution in [0.25, 0.3) is 21.8 Å². The van der Waals surface area contributed by atoms with Crippen LogP contribution in [-0.2, 0) is 4.74 Å². The summed E-state index contributed by atoms with van der Waals surface area (Å²) in [7, 11) is 0. The number of hydrogen-bond donors (Lipinski definition) is 1. The maximum Gasteiger partial charge on any atom is 0.263 e. The first-order valence-electron chi connectivity index (χ1n) is 8.83. The minimum absolute atomic E-state index is 0.0842. The summed E-state index contributed by atoms with van der Waals surface area (Å²) >= 11 is 1.43. The van der Waals surface area contributed by atoms with E-state index in [-0.39, 0.29) is 12.0 Å². The lowest BCUT2D eigenvalue weighted by molar-refractivity contribution is 0.0861. The van der Waals surface area contributed by atoms with E-state index in [0.29, 0.717) is 11.4 Å². The molecule has 1 aliphatic rings. The Morgan fingerprint density at radius 1 is 1.08 bits per heavy atom. The van der Waals surface area contributed by atoms with Gasteiger partial charge >= 0.3 is 0 Å². The molecule has 3 aromatic rings. The van der Waals surface area contributed by atoms with Crippen molar-refractivity contribution in [2.45, 2.75) is 18.9 Å². The normalized spacial score (nSPS) is 16.5. The van der Waals surface area contributed by atoms with Crippen LogP contribution < -0.4 is 5.32 Å². The van der Waals surface area contributed by atoms with Crippen LogP contribution in [0.4, 0.5) is 0 Å². The van der Waals surface area contributed by atoms with Gasteiger partial charge in [0.1, 0.15) is 9.88 Å². The van der Waals surface area contributed by atoms with Gasteiger partial charge in [-0.05, 0) is 12.8 Å². The van der Waals surface area contributed by atoms with E-state index in [9.17, 15) is 4.79 Å². The molecule has 1 aliphatic heterocycles. The van der Waals surface area contributed by atoms with E-state index in [1.807, 2.05) is 60.7 Å². The van der Waals surface area contributed by atoms with E-state index in [0.717, 1.165) is 41.3 Å². The molecule has 1 N–H and O–H groups in total. The molecule has 0 saturated carbocycles. The fraction of sp³-hybridized carbons (Fsp3) is 0.238. The first kappa shape index (κ1) is 16.9. The van der Waals surface area contributed by atoms with Crippen molar-refractivity contribution in [1.82, 2.24) is 10.3 Å². The summed E-state index contributed by atoms with van der Waals surface area (Å²) in [6.45, 7) is 1.33. The molecule has 132 valence electrons. The second-order valence-corrected chi connectivity index (χ2v) is 7.27. The zero-order valence-corrected chi connectivity index (χ0v) is 15.2. The number of rotatable bonds is 5. The van der Waals surface area contributed by atoms with Gasteiger partial charge in [-0.25, -0.2) is 4.98 Å². The fourth-order valence-electron chi connectivity index (χ4n) is 3.06. The molecule has 1 fully saturated rings. The average molecular weight is 364 g/mol. The fourth-order valence-corrected chi connectivity index (χ4v) is 4.07. The number of hydrogen-bond acceptors (Lipinski definition) is 4. The van der Waals surface area contributed by atoms with Gasteiger partial charge in [-0.1, -0.05) is 60.7 Å². The summed E-state index contributed by atoms with van der Waals surface area (Å²) in [6, 6.07) is 19.8. The highest BCUT2D eigenvalue weighted by molar-refractivity contribution is 7.17. The van der Waals surface area contributed by atoms with Gasteiger partial charge < -0.3 is 10.1 Å². The molecule has 1 atom stereocenters. The Morgan fingerprint density at radius 2 is 1.77 bits per heavy atom. The van der Waals surface area contributed by atoms with E-state index in [2.05, 4.69) is 5.32 Å². The molecule has 5 heteroatoms. The molecule has 0 radical (unpaired) electrons. The molecule has 1 amide bonds. The third-order valence-corrected chi connectivity index (χ3v) is 5.52. The molecule has 4 rings (SSSR count). The van der Waals surface area contributed by atoms with Crippen molar-refractivity contribution in [3.8, 4) is 21.8 Å². The van der Waals surface area contributed by atoms with Gasteiger partial charge in [-0.15, -0.1) is 11.3 Å². The third kappa shape index (κ3) is 3.69. The first-order chi connectivity index (χ1) is 12.8. The van der Waals surface area contributed by atoms with Crippen LogP contribution in [0.1, 0.15) is 22.5 Å². The lowest BCUT2D eigenvalue weighted by Crippen LogP contribution is -2.31. The van der Waals surface area contributed by atoms with Crippen LogP contribution in [0.3, 0.4) is 0 Å². The molecule has 0 aliphatic carbocycles. The molecular weight excluding hydrogens is 344 g/mol. The number of aromatic nitrogens is 1. The van der Waals surface area contributed by atoms with Crippen LogP contribution in [0.2, 0.25) is 0 Å². The predicted octanol–water partition coefficient (Wildman–Crippen LogP) is 4.39. The molecule has 26 heavy (non-hydrogen) atoms. The third-order valence-electron chi connectivity index (χ3n) is 4.42. The first-order valence-corrected chi connectivity index (χ1v) is 9.64. The van der Waals surface area contributed by atoms with Gasteiger partial charge in [0.05, 0.1) is 11.8 Å². The summed E-state index contributed by atoms with van der Waals surface area (Å²) in [5, 5.41) is 3.88. The van der Waals surface area contributed by atoms with Crippen molar-refractivity contribution >= 4 is 17.2 Å². The van der Waals surface area contributed by atoms with Crippen LogP contribution in [0.15, 0.2) is 60.7 Å². The largest absolute Gasteiger partial charge is 0.376 e. The van der Waals surface area contributed by atoms with E-state index in [4.69, 9.17) is 9.72 Å². The molecule has 0 unspecified atom stereocenters. The van der Waals surface area contributed by atoms with Crippen molar-refractivity contribution in [2.75, 3.05) is 13.2 Å². The van der Waals surface area contributed by atoms with Crippen molar-refractivity contribution in [1.29, 1.82) is 0 Å². The molecular formula is C21H20N2O2S. The number of nitrogens with zero attached hydrogens (tertiary/aromatic N) is 1. The molecule has 0 bridgehead atoms. The van der Waals surface area contributed by atoms with Gasteiger partial charge in [0.15, 0.2) is 0 Å². The second-order valence-electron chi connectivity index (χ2n) is 6.27. The highest BCUT2D eigenvalue weighted by Gasteiger charge is 2.22. The number of benzene rings is 2. The van der Waals surface area contributed by atoms with Crippen molar-refractivity contribution in [3.05, 3.63) is 65.5 Å². The van der Waals surface area contributed by atoms with E-state index < -0.39 is 0 Å². The van der Waals surface area contributed by atoms with E-state index >= 15 is 0 Å². The number of thiazole rings is 1. The monoisotopic (exact) mass is 364 g/mol. The standard InChI is InChI=1S/C21H20N2O2S/c24-20(22-14-17-12-7-13-25-17)19-18(15-8-3-1-4-9-15)23-21(26-19)16-10-5-2-6-11-16/h1-6,8-11,17H,7,12-14H2,(H,22,24)/t17-/m0/s1. The van der Waals surface area contributed by atoms with Gasteiger partial charge in [0.2, 0.25) is 0 Å². The maximum atomic E-state index is 12.8. The van der Waals surface area contributed by atoms with Crippen molar-refractivity contribution in [2.24, 2.45) is 0 Å². The van der Waals surface area contributed by atoms with Gasteiger partial charge in [0, 0.05) is 24.3 Å². The molecule has 0 spiro atoms. The Morgan fingerprint density at radius 3 is 2.42 bits per heavy atom. The lowest BCUT2D eigenvalue weighted by atomic mass is 10.1.